The zero-order valence-electron chi connectivity index (χ0n) is 11.7. The molecule has 0 aliphatic carbocycles. The second-order valence-electron chi connectivity index (χ2n) is 5.92. The molecule has 1 aromatic rings. The van der Waals surface area contributed by atoms with Gasteiger partial charge in [0.2, 0.25) is 5.91 Å². The van der Waals surface area contributed by atoms with Gasteiger partial charge >= 0.3 is 0 Å². The van der Waals surface area contributed by atoms with Gasteiger partial charge in [-0.2, -0.15) is 5.26 Å². The first kappa shape index (κ1) is 13.4. The van der Waals surface area contributed by atoms with Gasteiger partial charge in [-0.3, -0.25) is 4.79 Å². The fraction of sp³-hybridized carbons (Fsp3) is 0.467. The number of fused-ring (bicyclic) bond motifs is 1. The third kappa shape index (κ3) is 2.41. The highest BCUT2D eigenvalue weighted by atomic mass is 16.5. The van der Waals surface area contributed by atoms with E-state index < -0.39 is 0 Å². The van der Waals surface area contributed by atoms with Crippen LogP contribution in [0.4, 0.5) is 5.69 Å². The van der Waals surface area contributed by atoms with Crippen molar-refractivity contribution in [2.24, 2.45) is 11.3 Å². The third-order valence-corrected chi connectivity index (χ3v) is 3.53. The summed E-state index contributed by atoms with van der Waals surface area (Å²) >= 11 is 0. The highest BCUT2D eigenvalue weighted by Gasteiger charge is 2.37. The number of hydrogen-bond acceptors (Lipinski definition) is 3. The summed E-state index contributed by atoms with van der Waals surface area (Å²) in [6, 6.07) is 7.22. The van der Waals surface area contributed by atoms with Crippen LogP contribution >= 0.6 is 0 Å². The van der Waals surface area contributed by atoms with Crippen molar-refractivity contribution in [2.75, 3.05) is 18.6 Å². The van der Waals surface area contributed by atoms with E-state index in [0.717, 1.165) is 5.69 Å². The van der Waals surface area contributed by atoms with Crippen molar-refractivity contribution in [1.29, 1.82) is 5.26 Å². The molecule has 0 radical (unpaired) electrons. The minimum Gasteiger partial charge on any atom is -0.491 e. The number of carbonyl (C=O) groups excluding carboxylic acids is 1. The largest absolute Gasteiger partial charge is 0.491 e. The average molecular weight is 258 g/mol. The predicted octanol–water partition coefficient (Wildman–Crippen LogP) is 2.58. The van der Waals surface area contributed by atoms with Crippen LogP contribution < -0.4 is 9.64 Å². The number of anilines is 1. The summed E-state index contributed by atoms with van der Waals surface area (Å²) in [7, 11) is 1.75. The number of nitrogens with zero attached hydrogens (tertiary/aromatic N) is 2. The molecule has 0 fully saturated rings. The molecule has 1 unspecified atom stereocenters. The Kier molecular flexibility index (Phi) is 3.23. The molecule has 19 heavy (non-hydrogen) atoms. The van der Waals surface area contributed by atoms with Gasteiger partial charge in [0.15, 0.2) is 0 Å². The van der Waals surface area contributed by atoms with Gasteiger partial charge in [0.1, 0.15) is 12.4 Å². The van der Waals surface area contributed by atoms with Crippen molar-refractivity contribution in [2.45, 2.75) is 20.8 Å². The number of ether oxygens (including phenoxy) is 1. The normalized spacial score (nSPS) is 19.2. The molecule has 1 aromatic carbocycles. The van der Waals surface area contributed by atoms with Gasteiger partial charge in [-0.25, -0.2) is 0 Å². The summed E-state index contributed by atoms with van der Waals surface area (Å²) in [6.07, 6.45) is 0. The maximum atomic E-state index is 12.5. The molecule has 1 amide bonds. The highest BCUT2D eigenvalue weighted by Crippen LogP contribution is 2.37. The Balaban J connectivity index is 2.44. The highest BCUT2D eigenvalue weighted by molar-refractivity contribution is 5.97. The SMILES string of the molecule is CN1C(=O)C(C(C)(C)C)COc2cc(C#N)ccc21. The van der Waals surface area contributed by atoms with E-state index in [-0.39, 0.29) is 17.2 Å². The zero-order valence-corrected chi connectivity index (χ0v) is 11.7. The monoisotopic (exact) mass is 258 g/mol. The van der Waals surface area contributed by atoms with Crippen molar-refractivity contribution in [3.8, 4) is 11.8 Å². The molecule has 100 valence electrons. The smallest absolute Gasteiger partial charge is 0.233 e. The number of nitriles is 1. The van der Waals surface area contributed by atoms with E-state index in [1.807, 2.05) is 20.8 Å². The lowest BCUT2D eigenvalue weighted by Gasteiger charge is -2.29. The minimum atomic E-state index is -0.199. The Morgan fingerprint density at radius 3 is 2.68 bits per heavy atom. The van der Waals surface area contributed by atoms with Crippen LogP contribution in [0.15, 0.2) is 18.2 Å². The molecule has 1 aliphatic heterocycles. The van der Waals surface area contributed by atoms with Gasteiger partial charge in [-0.05, 0) is 17.5 Å². The maximum Gasteiger partial charge on any atom is 0.233 e. The van der Waals surface area contributed by atoms with E-state index in [0.29, 0.717) is 17.9 Å². The van der Waals surface area contributed by atoms with Crippen LogP contribution in [0.1, 0.15) is 26.3 Å². The molecule has 1 aliphatic rings. The molecular weight excluding hydrogens is 240 g/mol. The van der Waals surface area contributed by atoms with Gasteiger partial charge in [0.25, 0.3) is 0 Å². The molecule has 2 rings (SSSR count). The first-order valence-corrected chi connectivity index (χ1v) is 6.29. The Morgan fingerprint density at radius 1 is 1.42 bits per heavy atom. The minimum absolute atomic E-state index is 0.0518. The molecule has 4 nitrogen and oxygen atoms in total. The molecule has 4 heteroatoms. The first-order valence-electron chi connectivity index (χ1n) is 6.29. The van der Waals surface area contributed by atoms with E-state index in [1.165, 1.54) is 0 Å². The lowest BCUT2D eigenvalue weighted by atomic mass is 9.80. The maximum absolute atomic E-state index is 12.5. The van der Waals surface area contributed by atoms with Gasteiger partial charge in [-0.1, -0.05) is 20.8 Å². The van der Waals surface area contributed by atoms with Crippen molar-refractivity contribution in [3.63, 3.8) is 0 Å². The molecular formula is C15H18N2O2. The molecule has 0 bridgehead atoms. The van der Waals surface area contributed by atoms with Crippen molar-refractivity contribution >= 4 is 11.6 Å². The molecule has 1 atom stereocenters. The zero-order chi connectivity index (χ0) is 14.2. The Hall–Kier alpha value is -2.02. The molecule has 0 aromatic heterocycles. The molecule has 0 saturated carbocycles. The summed E-state index contributed by atoms with van der Waals surface area (Å²) in [5.74, 6) is 0.452. The fourth-order valence-electron chi connectivity index (χ4n) is 2.19. The summed E-state index contributed by atoms with van der Waals surface area (Å²) in [4.78, 5) is 14.1. The number of amides is 1. The fourth-order valence-corrected chi connectivity index (χ4v) is 2.19. The summed E-state index contributed by atoms with van der Waals surface area (Å²) in [5.41, 5.74) is 1.09. The van der Waals surface area contributed by atoms with E-state index in [1.54, 1.807) is 30.1 Å². The molecule has 0 N–H and O–H groups in total. The van der Waals surface area contributed by atoms with Crippen molar-refractivity contribution in [1.82, 2.24) is 0 Å². The van der Waals surface area contributed by atoms with E-state index in [2.05, 4.69) is 6.07 Å². The Bertz CT molecular complexity index is 552. The van der Waals surface area contributed by atoms with E-state index >= 15 is 0 Å². The van der Waals surface area contributed by atoms with Gasteiger partial charge in [-0.15, -0.1) is 0 Å². The number of carbonyl (C=O) groups is 1. The van der Waals surface area contributed by atoms with Crippen LogP contribution in [0.25, 0.3) is 0 Å². The predicted molar refractivity (Wildman–Crippen MR) is 73.0 cm³/mol. The lowest BCUT2D eigenvalue weighted by molar-refractivity contribution is -0.126. The van der Waals surface area contributed by atoms with Crippen LogP contribution in [-0.2, 0) is 4.79 Å². The van der Waals surface area contributed by atoms with Gasteiger partial charge in [0.05, 0.1) is 23.2 Å². The van der Waals surface area contributed by atoms with Crippen LogP contribution in [0, 0.1) is 22.7 Å². The van der Waals surface area contributed by atoms with Gasteiger partial charge in [0, 0.05) is 13.1 Å². The number of hydrogen-bond donors (Lipinski definition) is 0. The van der Waals surface area contributed by atoms with Crippen LogP contribution in [0.3, 0.4) is 0 Å². The number of rotatable bonds is 0. The second-order valence-corrected chi connectivity index (χ2v) is 5.92. The van der Waals surface area contributed by atoms with Crippen molar-refractivity contribution < 1.29 is 9.53 Å². The lowest BCUT2D eigenvalue weighted by Crippen LogP contribution is -2.40. The van der Waals surface area contributed by atoms with Crippen LogP contribution in [0.5, 0.6) is 5.75 Å². The topological polar surface area (TPSA) is 53.3 Å². The molecule has 0 spiro atoms. The molecule has 0 saturated heterocycles. The number of benzene rings is 1. The average Bonchev–Trinajstić information content (AvgIpc) is 2.47. The van der Waals surface area contributed by atoms with Crippen molar-refractivity contribution in [3.05, 3.63) is 23.8 Å². The summed E-state index contributed by atoms with van der Waals surface area (Å²) in [6.45, 7) is 6.44. The third-order valence-electron chi connectivity index (χ3n) is 3.53. The van der Waals surface area contributed by atoms with Crippen LogP contribution in [-0.4, -0.2) is 19.6 Å². The second kappa shape index (κ2) is 4.58. The summed E-state index contributed by atoms with van der Waals surface area (Å²) < 4.78 is 5.76. The van der Waals surface area contributed by atoms with Gasteiger partial charge < -0.3 is 9.64 Å². The summed E-state index contributed by atoms with van der Waals surface area (Å²) in [5, 5.41) is 8.92. The van der Waals surface area contributed by atoms with E-state index in [4.69, 9.17) is 10.00 Å². The quantitative estimate of drug-likeness (QED) is 0.718. The van der Waals surface area contributed by atoms with Crippen LogP contribution in [0.2, 0.25) is 0 Å². The Labute approximate surface area is 113 Å². The standard InChI is InChI=1S/C15H18N2O2/c1-15(2,3)11-9-19-13-7-10(8-16)5-6-12(13)17(4)14(11)18/h5-7,11H,9H2,1-4H3. The Morgan fingerprint density at radius 2 is 2.11 bits per heavy atom. The molecule has 1 heterocycles. The van der Waals surface area contributed by atoms with E-state index in [9.17, 15) is 4.79 Å². The first-order chi connectivity index (χ1) is 8.84.